The molecule has 0 N–H and O–H groups in total. The fourth-order valence-corrected chi connectivity index (χ4v) is 4.59. The molecule has 1 amide bonds. The second-order valence-electron chi connectivity index (χ2n) is 8.13. The van der Waals surface area contributed by atoms with Crippen molar-refractivity contribution in [1.82, 2.24) is 29.6 Å². The highest BCUT2D eigenvalue weighted by molar-refractivity contribution is 6.07. The van der Waals surface area contributed by atoms with Gasteiger partial charge in [-0.15, -0.1) is 10.2 Å². The normalized spacial score (nSPS) is 16.2. The van der Waals surface area contributed by atoms with Gasteiger partial charge in [0.15, 0.2) is 11.5 Å². The number of carbonyl (C=O) groups is 1. The number of amides is 1. The molecule has 1 atom stereocenters. The number of halogens is 1. The quantitative estimate of drug-likeness (QED) is 0.413. The van der Waals surface area contributed by atoms with Crippen LogP contribution in [0.3, 0.4) is 0 Å². The summed E-state index contributed by atoms with van der Waals surface area (Å²) in [6.07, 6.45) is 3.52. The van der Waals surface area contributed by atoms with E-state index in [-0.39, 0.29) is 17.7 Å². The Kier molecular flexibility index (Phi) is 4.42. The van der Waals surface area contributed by atoms with Crippen LogP contribution < -0.4 is 0 Å². The Labute approximate surface area is 187 Å². The molecular formula is C24H19FN6O2. The number of fused-ring (bicyclic) bond motifs is 2. The van der Waals surface area contributed by atoms with Crippen molar-refractivity contribution in [1.29, 1.82) is 0 Å². The second kappa shape index (κ2) is 7.47. The number of hydrogen-bond donors (Lipinski definition) is 0. The Morgan fingerprint density at radius 3 is 2.88 bits per heavy atom. The summed E-state index contributed by atoms with van der Waals surface area (Å²) in [7, 11) is 0. The summed E-state index contributed by atoms with van der Waals surface area (Å²) in [5.41, 5.74) is 2.50. The van der Waals surface area contributed by atoms with Crippen LogP contribution >= 0.6 is 0 Å². The van der Waals surface area contributed by atoms with Gasteiger partial charge in [0.2, 0.25) is 0 Å². The van der Waals surface area contributed by atoms with E-state index >= 15 is 0 Å². The van der Waals surface area contributed by atoms with Crippen molar-refractivity contribution in [3.05, 3.63) is 77.6 Å². The molecule has 4 aromatic heterocycles. The van der Waals surface area contributed by atoms with Crippen LogP contribution in [-0.2, 0) is 0 Å². The minimum Gasteiger partial charge on any atom is -0.335 e. The first-order chi connectivity index (χ1) is 16.1. The molecule has 164 valence electrons. The maximum Gasteiger partial charge on any atom is 0.259 e. The zero-order valence-electron chi connectivity index (χ0n) is 17.8. The number of hydrogen-bond acceptors (Lipinski definition) is 6. The number of aryl methyl sites for hydroxylation is 1. The molecule has 1 saturated heterocycles. The number of nitrogens with zero attached hydrogens (tertiary/aromatic N) is 6. The fraction of sp³-hybridized carbons (Fsp3) is 0.208. The summed E-state index contributed by atoms with van der Waals surface area (Å²) in [4.78, 5) is 20.1. The molecule has 5 aromatic rings. The van der Waals surface area contributed by atoms with E-state index in [2.05, 4.69) is 20.3 Å². The molecule has 0 bridgehead atoms. The van der Waals surface area contributed by atoms with Crippen LogP contribution in [-0.4, -0.2) is 42.1 Å². The molecule has 1 aliphatic heterocycles. The predicted octanol–water partition coefficient (Wildman–Crippen LogP) is 4.36. The highest BCUT2D eigenvalue weighted by atomic mass is 19.1. The van der Waals surface area contributed by atoms with Gasteiger partial charge in [-0.2, -0.15) is 0 Å². The van der Waals surface area contributed by atoms with Gasteiger partial charge < -0.3 is 9.42 Å². The molecule has 9 heteroatoms. The van der Waals surface area contributed by atoms with Crippen LogP contribution in [0.25, 0.3) is 28.0 Å². The first-order valence-corrected chi connectivity index (χ1v) is 10.7. The molecular weight excluding hydrogens is 423 g/mol. The van der Waals surface area contributed by atoms with Crippen molar-refractivity contribution < 1.29 is 13.7 Å². The Morgan fingerprint density at radius 1 is 1.15 bits per heavy atom. The number of carbonyl (C=O) groups excluding carboxylic acids is 1. The zero-order valence-corrected chi connectivity index (χ0v) is 17.8. The number of aromatic nitrogens is 5. The Hall–Kier alpha value is -4.14. The smallest absolute Gasteiger partial charge is 0.259 e. The maximum absolute atomic E-state index is 14.5. The topological polar surface area (TPSA) is 89.4 Å². The van der Waals surface area contributed by atoms with Gasteiger partial charge in [0.05, 0.1) is 28.4 Å². The molecule has 0 unspecified atom stereocenters. The standard InChI is InChI=1S/C24H19FN6O2/c1-14-21-16(13-18(26-23(21)33-29-14)15-7-2-3-8-17(15)25)24(32)30-12-6-9-19(30)22-28-27-20-10-4-5-11-31(20)22/h2-5,7-8,10-11,13,19H,6,9,12H2,1H3/t19-/m1/s1. The lowest BCUT2D eigenvalue weighted by Gasteiger charge is -2.24. The van der Waals surface area contributed by atoms with Crippen LogP contribution in [0.5, 0.6) is 0 Å². The third kappa shape index (κ3) is 3.07. The van der Waals surface area contributed by atoms with Gasteiger partial charge in [0, 0.05) is 18.3 Å². The molecule has 0 spiro atoms. The van der Waals surface area contributed by atoms with E-state index in [1.54, 1.807) is 36.1 Å². The van der Waals surface area contributed by atoms with Gasteiger partial charge in [0.25, 0.3) is 11.6 Å². The minimum absolute atomic E-state index is 0.193. The number of benzene rings is 1. The summed E-state index contributed by atoms with van der Waals surface area (Å²) >= 11 is 0. The molecule has 0 saturated carbocycles. The first kappa shape index (κ1) is 19.5. The minimum atomic E-state index is -0.423. The Balaban J connectivity index is 1.48. The van der Waals surface area contributed by atoms with Gasteiger partial charge in [-0.25, -0.2) is 9.37 Å². The van der Waals surface area contributed by atoms with Crippen molar-refractivity contribution in [3.8, 4) is 11.3 Å². The van der Waals surface area contributed by atoms with Crippen molar-refractivity contribution in [3.63, 3.8) is 0 Å². The first-order valence-electron chi connectivity index (χ1n) is 10.7. The third-order valence-electron chi connectivity index (χ3n) is 6.15. The summed E-state index contributed by atoms with van der Waals surface area (Å²) in [6.45, 7) is 2.34. The number of rotatable bonds is 3. The van der Waals surface area contributed by atoms with E-state index in [1.165, 1.54) is 6.07 Å². The van der Waals surface area contributed by atoms with Crippen molar-refractivity contribution in [2.45, 2.75) is 25.8 Å². The second-order valence-corrected chi connectivity index (χ2v) is 8.13. The monoisotopic (exact) mass is 442 g/mol. The molecule has 1 aromatic carbocycles. The molecule has 6 rings (SSSR count). The Bertz CT molecular complexity index is 1520. The van der Waals surface area contributed by atoms with Gasteiger partial charge in [-0.3, -0.25) is 9.20 Å². The third-order valence-corrected chi connectivity index (χ3v) is 6.15. The molecule has 0 aliphatic carbocycles. The molecule has 5 heterocycles. The summed E-state index contributed by atoms with van der Waals surface area (Å²) in [5.74, 6) is 0.104. The van der Waals surface area contributed by atoms with E-state index in [9.17, 15) is 9.18 Å². The largest absolute Gasteiger partial charge is 0.335 e. The van der Waals surface area contributed by atoms with E-state index in [0.717, 1.165) is 24.3 Å². The molecule has 1 fully saturated rings. The van der Waals surface area contributed by atoms with E-state index in [4.69, 9.17) is 4.52 Å². The molecule has 0 radical (unpaired) electrons. The van der Waals surface area contributed by atoms with Gasteiger partial charge in [-0.1, -0.05) is 23.4 Å². The number of pyridine rings is 2. The van der Waals surface area contributed by atoms with Gasteiger partial charge in [-0.05, 0) is 50.1 Å². The van der Waals surface area contributed by atoms with Crippen LogP contribution in [0.1, 0.15) is 40.8 Å². The van der Waals surface area contributed by atoms with Crippen LogP contribution in [0, 0.1) is 12.7 Å². The maximum atomic E-state index is 14.5. The molecule has 1 aliphatic rings. The lowest BCUT2D eigenvalue weighted by atomic mass is 10.0. The average Bonchev–Trinajstić information content (AvgIpc) is 3.56. The highest BCUT2D eigenvalue weighted by Crippen LogP contribution is 2.35. The van der Waals surface area contributed by atoms with Crippen LogP contribution in [0.4, 0.5) is 4.39 Å². The lowest BCUT2D eigenvalue weighted by Crippen LogP contribution is -2.31. The number of likely N-dealkylation sites (tertiary alicyclic amines) is 1. The summed E-state index contributed by atoms with van der Waals surface area (Å²) in [6, 6.07) is 13.4. The summed E-state index contributed by atoms with van der Waals surface area (Å²) < 4.78 is 21.8. The Morgan fingerprint density at radius 2 is 2.00 bits per heavy atom. The van der Waals surface area contributed by atoms with Crippen molar-refractivity contribution in [2.75, 3.05) is 6.54 Å². The molecule has 33 heavy (non-hydrogen) atoms. The van der Waals surface area contributed by atoms with E-state index in [0.29, 0.717) is 34.4 Å². The van der Waals surface area contributed by atoms with Gasteiger partial charge in [0.1, 0.15) is 5.82 Å². The SMILES string of the molecule is Cc1noc2nc(-c3ccccc3F)cc(C(=O)N3CCC[C@@H]3c3nnc4ccccn34)c12. The van der Waals surface area contributed by atoms with E-state index < -0.39 is 5.82 Å². The fourth-order valence-electron chi connectivity index (χ4n) is 4.59. The van der Waals surface area contributed by atoms with Crippen molar-refractivity contribution in [2.24, 2.45) is 0 Å². The van der Waals surface area contributed by atoms with E-state index in [1.807, 2.05) is 28.8 Å². The zero-order chi connectivity index (χ0) is 22.5. The van der Waals surface area contributed by atoms with Gasteiger partial charge >= 0.3 is 0 Å². The average molecular weight is 442 g/mol. The highest BCUT2D eigenvalue weighted by Gasteiger charge is 2.35. The lowest BCUT2D eigenvalue weighted by molar-refractivity contribution is 0.0731. The summed E-state index contributed by atoms with van der Waals surface area (Å²) in [5, 5.41) is 13.2. The van der Waals surface area contributed by atoms with Crippen LogP contribution in [0.15, 0.2) is 59.3 Å². The predicted molar refractivity (Wildman–Crippen MR) is 118 cm³/mol. The van der Waals surface area contributed by atoms with Crippen LogP contribution in [0.2, 0.25) is 0 Å². The molecule has 8 nitrogen and oxygen atoms in total. The van der Waals surface area contributed by atoms with Crippen molar-refractivity contribution >= 4 is 22.7 Å².